The Bertz CT molecular complexity index is 1380. The average molecular weight is 637 g/mol. The molecule has 0 radical (unpaired) electrons. The summed E-state index contributed by atoms with van der Waals surface area (Å²) in [6, 6.07) is 27.9. The molecule has 0 amide bonds. The largest absolute Gasteiger partial charge is 1.00 e. The summed E-state index contributed by atoms with van der Waals surface area (Å²) in [7, 11) is 0. The molecule has 5 rings (SSSR count). The fourth-order valence-corrected chi connectivity index (χ4v) is 15.4. The van der Waals surface area contributed by atoms with Crippen LogP contribution in [0.3, 0.4) is 0 Å². The van der Waals surface area contributed by atoms with Gasteiger partial charge < -0.3 is 24.8 Å². The molecule has 0 nitrogen and oxygen atoms in total. The predicted octanol–water partition coefficient (Wildman–Crippen LogP) is 3.82. The number of rotatable bonds is 4. The van der Waals surface area contributed by atoms with Crippen molar-refractivity contribution >= 4 is 3.71 Å². The Labute approximate surface area is 257 Å². The molecule has 0 N–H and O–H groups in total. The number of hydrogen-bond donors (Lipinski definition) is 0. The molecular formula is C36H42Cl2Zr. The smallest absolute Gasteiger partial charge is 1.00 e. The molecule has 3 aromatic carbocycles. The first kappa shape index (κ1) is 32.0. The minimum atomic E-state index is -2.44. The molecule has 2 aliphatic rings. The van der Waals surface area contributed by atoms with Crippen LogP contribution in [0.4, 0.5) is 0 Å². The van der Waals surface area contributed by atoms with Crippen LogP contribution in [0.1, 0.15) is 87.7 Å². The minimum absolute atomic E-state index is 0. The van der Waals surface area contributed by atoms with Gasteiger partial charge in [-0.25, -0.2) is 0 Å². The summed E-state index contributed by atoms with van der Waals surface area (Å²) < 4.78 is 5.11. The first-order valence-electron chi connectivity index (χ1n) is 14.0. The van der Waals surface area contributed by atoms with E-state index in [1.807, 2.05) is 3.28 Å². The Morgan fingerprint density at radius 2 is 1.23 bits per heavy atom. The zero-order chi connectivity index (χ0) is 26.5. The van der Waals surface area contributed by atoms with Gasteiger partial charge in [-0.2, -0.15) is 0 Å². The summed E-state index contributed by atoms with van der Waals surface area (Å²) in [4.78, 5) is 0. The fraction of sp³-hybridized carbons (Fsp3) is 0.361. The van der Waals surface area contributed by atoms with Gasteiger partial charge in [-0.3, -0.25) is 0 Å². The molecule has 1 atom stereocenters. The maximum absolute atomic E-state index is 2.78. The zero-order valence-electron chi connectivity index (χ0n) is 24.7. The molecular weight excluding hydrogens is 595 g/mol. The summed E-state index contributed by atoms with van der Waals surface area (Å²) in [5.41, 5.74) is 12.4. The second-order valence-electron chi connectivity index (χ2n) is 12.9. The third kappa shape index (κ3) is 6.07. The van der Waals surface area contributed by atoms with Gasteiger partial charge in [0.15, 0.2) is 0 Å². The van der Waals surface area contributed by atoms with E-state index in [4.69, 9.17) is 0 Å². The van der Waals surface area contributed by atoms with E-state index in [1.165, 1.54) is 22.3 Å². The van der Waals surface area contributed by atoms with E-state index in [2.05, 4.69) is 138 Å². The summed E-state index contributed by atoms with van der Waals surface area (Å²) in [5.74, 6) is 0.517. The van der Waals surface area contributed by atoms with Gasteiger partial charge in [0, 0.05) is 0 Å². The summed E-state index contributed by atoms with van der Waals surface area (Å²) in [6.45, 7) is 18.9. The average Bonchev–Trinajstić information content (AvgIpc) is 3.37. The van der Waals surface area contributed by atoms with Crippen molar-refractivity contribution in [2.24, 2.45) is 11.3 Å². The van der Waals surface area contributed by atoms with Crippen molar-refractivity contribution in [1.82, 2.24) is 0 Å². The van der Waals surface area contributed by atoms with E-state index in [1.54, 1.807) is 22.3 Å². The molecule has 0 spiro atoms. The summed E-state index contributed by atoms with van der Waals surface area (Å²) >= 11 is -2.44. The molecule has 0 fully saturated rings. The molecule has 0 saturated heterocycles. The van der Waals surface area contributed by atoms with Crippen molar-refractivity contribution in [1.29, 1.82) is 0 Å². The van der Waals surface area contributed by atoms with Gasteiger partial charge in [-0.15, -0.1) is 0 Å². The van der Waals surface area contributed by atoms with E-state index in [9.17, 15) is 0 Å². The van der Waals surface area contributed by atoms with Gasteiger partial charge >= 0.3 is 234 Å². The second-order valence-corrected chi connectivity index (χ2v) is 18.6. The number of allylic oxidation sites excluding steroid dienone is 4. The van der Waals surface area contributed by atoms with Crippen LogP contribution in [0.25, 0.3) is 11.1 Å². The van der Waals surface area contributed by atoms with Crippen LogP contribution in [-0.2, 0) is 26.7 Å². The molecule has 39 heavy (non-hydrogen) atoms. The Balaban J connectivity index is 0.00000210. The first-order chi connectivity index (χ1) is 17.5. The van der Waals surface area contributed by atoms with Crippen LogP contribution in [0.5, 0.6) is 0 Å². The maximum Gasteiger partial charge on any atom is -1.00 e. The monoisotopic (exact) mass is 634 g/mol. The van der Waals surface area contributed by atoms with Crippen LogP contribution in [0.15, 0.2) is 93.3 Å². The standard InChI is InChI=1S/C13H9.C12H19.C11H14.2ClH.Zr/c1-3-7-12-10(5-1)9-11-6-2-4-8-13(11)12;1-6-10-7-9(2)8-11(10)12(3,4)5;1-9-5-7-10(8-6-9)11(2,3)4;;;/h1-9H;8-9H,6H2,1-5H3;1,5-8H,2-4H3;2*1H;/q;;;;;+2/p-2. The molecule has 2 aliphatic carbocycles. The molecule has 0 heterocycles. The molecule has 0 bridgehead atoms. The van der Waals surface area contributed by atoms with Crippen molar-refractivity contribution in [3.63, 3.8) is 0 Å². The Morgan fingerprint density at radius 3 is 1.69 bits per heavy atom. The first-order valence-corrected chi connectivity index (χ1v) is 18.0. The van der Waals surface area contributed by atoms with E-state index in [-0.39, 0.29) is 35.6 Å². The third-order valence-corrected chi connectivity index (χ3v) is 16.3. The van der Waals surface area contributed by atoms with Gasteiger partial charge in [0.2, 0.25) is 0 Å². The van der Waals surface area contributed by atoms with Gasteiger partial charge in [0.25, 0.3) is 0 Å². The Morgan fingerprint density at radius 1 is 0.718 bits per heavy atom. The Hall–Kier alpha value is -1.53. The van der Waals surface area contributed by atoms with Crippen LogP contribution in [-0.4, -0.2) is 3.71 Å². The molecule has 3 heteroatoms. The SMILES string of the molecule is CCC1=[C](/[Zr+2](=[CH]/c2ccc(C(C)(C)C)cc2)[CH]2c3ccccc3-c3ccccc32)C(C)C=C1C(C)(C)C.[Cl-].[Cl-]. The maximum atomic E-state index is 2.78. The number of hydrogen-bond acceptors (Lipinski definition) is 0. The number of fused-ring (bicyclic) bond motifs is 3. The van der Waals surface area contributed by atoms with Crippen LogP contribution in [0, 0.1) is 11.3 Å². The molecule has 3 aromatic rings. The predicted molar refractivity (Wildman–Crippen MR) is 158 cm³/mol. The summed E-state index contributed by atoms with van der Waals surface area (Å²) in [6.07, 6.45) is 3.73. The normalized spacial score (nSPS) is 16.8. The second kappa shape index (κ2) is 12.1. The van der Waals surface area contributed by atoms with E-state index in [0.717, 1.165) is 6.42 Å². The van der Waals surface area contributed by atoms with Crippen molar-refractivity contribution in [3.05, 3.63) is 116 Å². The van der Waals surface area contributed by atoms with E-state index < -0.39 is 21.3 Å². The quantitative estimate of drug-likeness (QED) is 0.409. The number of benzene rings is 3. The van der Waals surface area contributed by atoms with Crippen molar-refractivity contribution in [2.45, 2.75) is 70.9 Å². The molecule has 0 aliphatic heterocycles. The Kier molecular flexibility index (Phi) is 9.96. The fourth-order valence-electron chi connectivity index (χ4n) is 6.44. The van der Waals surface area contributed by atoms with Gasteiger partial charge in [-0.05, 0) is 0 Å². The summed E-state index contributed by atoms with van der Waals surface area (Å²) in [5, 5.41) is 0. The molecule has 0 saturated carbocycles. The van der Waals surface area contributed by atoms with Crippen LogP contribution >= 0.6 is 0 Å². The third-order valence-electron chi connectivity index (χ3n) is 8.24. The van der Waals surface area contributed by atoms with Crippen LogP contribution in [0.2, 0.25) is 0 Å². The van der Waals surface area contributed by atoms with Crippen molar-refractivity contribution < 1.29 is 46.1 Å². The van der Waals surface area contributed by atoms with E-state index in [0.29, 0.717) is 9.54 Å². The topological polar surface area (TPSA) is 0 Å². The van der Waals surface area contributed by atoms with Gasteiger partial charge in [0.05, 0.1) is 0 Å². The van der Waals surface area contributed by atoms with Gasteiger partial charge in [0.1, 0.15) is 0 Å². The zero-order valence-corrected chi connectivity index (χ0v) is 28.7. The van der Waals surface area contributed by atoms with Crippen molar-refractivity contribution in [2.75, 3.05) is 0 Å². The molecule has 204 valence electrons. The van der Waals surface area contributed by atoms with Crippen molar-refractivity contribution in [3.8, 4) is 11.1 Å². The number of halogens is 2. The molecule has 0 aromatic heterocycles. The van der Waals surface area contributed by atoms with Crippen LogP contribution < -0.4 is 24.8 Å². The van der Waals surface area contributed by atoms with Gasteiger partial charge in [-0.1, -0.05) is 0 Å². The van der Waals surface area contributed by atoms with E-state index >= 15 is 0 Å². The minimum Gasteiger partial charge on any atom is -1.00 e. The molecule has 1 unspecified atom stereocenters.